The van der Waals surface area contributed by atoms with Crippen molar-refractivity contribution in [2.24, 2.45) is 0 Å². The molecule has 15 heavy (non-hydrogen) atoms. The molecule has 1 atom stereocenters. The quantitative estimate of drug-likeness (QED) is 0.769. The molecule has 0 bridgehead atoms. The van der Waals surface area contributed by atoms with Gasteiger partial charge in [0.2, 0.25) is 0 Å². The molecule has 1 aliphatic carbocycles. The average Bonchev–Trinajstić information content (AvgIpc) is 2.31. The Kier molecular flexibility index (Phi) is 4.45. The van der Waals surface area contributed by atoms with Crippen LogP contribution in [-0.2, 0) is 0 Å². The van der Waals surface area contributed by atoms with Crippen molar-refractivity contribution in [3.05, 3.63) is 0 Å². The maximum absolute atomic E-state index is 3.65. The summed E-state index contributed by atoms with van der Waals surface area (Å²) >= 11 is 0. The van der Waals surface area contributed by atoms with Crippen LogP contribution in [0.5, 0.6) is 0 Å². The molecule has 0 aromatic rings. The van der Waals surface area contributed by atoms with Crippen molar-refractivity contribution in [3.8, 4) is 0 Å². The molecule has 0 radical (unpaired) electrons. The maximum Gasteiger partial charge on any atom is 0.0195 e. The van der Waals surface area contributed by atoms with E-state index in [1.807, 2.05) is 0 Å². The highest BCUT2D eigenvalue weighted by Crippen LogP contribution is 2.22. The molecular formula is C13H26N2. The van der Waals surface area contributed by atoms with Gasteiger partial charge in [0.15, 0.2) is 0 Å². The van der Waals surface area contributed by atoms with Gasteiger partial charge in [-0.2, -0.15) is 0 Å². The Morgan fingerprint density at radius 3 is 2.40 bits per heavy atom. The fraction of sp³-hybridized carbons (Fsp3) is 1.00. The van der Waals surface area contributed by atoms with Gasteiger partial charge < -0.3 is 10.2 Å². The molecular weight excluding hydrogens is 184 g/mol. The highest BCUT2D eigenvalue weighted by Gasteiger charge is 2.21. The topological polar surface area (TPSA) is 15.3 Å². The Balaban J connectivity index is 1.72. The first-order chi connectivity index (χ1) is 7.36. The predicted octanol–water partition coefficient (Wildman–Crippen LogP) is 2.39. The molecule has 88 valence electrons. The van der Waals surface area contributed by atoms with Crippen LogP contribution in [0.3, 0.4) is 0 Å². The SMILES string of the molecule is CN(CC1CCCCN1)C1CCCCC1. The number of nitrogens with one attached hydrogen (secondary N) is 1. The average molecular weight is 210 g/mol. The molecule has 0 aromatic carbocycles. The van der Waals surface area contributed by atoms with Gasteiger partial charge in [0, 0.05) is 18.6 Å². The standard InChI is InChI=1S/C13H26N2/c1-15(13-8-3-2-4-9-13)11-12-7-5-6-10-14-12/h12-14H,2-11H2,1H3. The van der Waals surface area contributed by atoms with Crippen LogP contribution in [0, 0.1) is 0 Å². The molecule has 1 heterocycles. The summed E-state index contributed by atoms with van der Waals surface area (Å²) in [6.07, 6.45) is 11.4. The van der Waals surface area contributed by atoms with Crippen molar-refractivity contribution in [2.45, 2.75) is 63.5 Å². The second-order valence-corrected chi connectivity index (χ2v) is 5.38. The number of nitrogens with zero attached hydrogens (tertiary/aromatic N) is 1. The number of piperidine rings is 1. The van der Waals surface area contributed by atoms with E-state index in [1.165, 1.54) is 64.5 Å². The van der Waals surface area contributed by atoms with Crippen LogP contribution in [0.25, 0.3) is 0 Å². The summed E-state index contributed by atoms with van der Waals surface area (Å²) in [7, 11) is 2.33. The van der Waals surface area contributed by atoms with Crippen LogP contribution < -0.4 is 5.32 Å². The smallest absolute Gasteiger partial charge is 0.0195 e. The molecule has 2 heteroatoms. The van der Waals surface area contributed by atoms with E-state index < -0.39 is 0 Å². The van der Waals surface area contributed by atoms with Crippen molar-refractivity contribution < 1.29 is 0 Å². The van der Waals surface area contributed by atoms with Crippen molar-refractivity contribution in [1.82, 2.24) is 10.2 Å². The van der Waals surface area contributed by atoms with E-state index in [4.69, 9.17) is 0 Å². The van der Waals surface area contributed by atoms with Gasteiger partial charge in [-0.1, -0.05) is 25.7 Å². The summed E-state index contributed by atoms with van der Waals surface area (Å²) in [6.45, 7) is 2.51. The van der Waals surface area contributed by atoms with E-state index >= 15 is 0 Å². The summed E-state index contributed by atoms with van der Waals surface area (Å²) in [4.78, 5) is 2.61. The van der Waals surface area contributed by atoms with Crippen LogP contribution in [0.2, 0.25) is 0 Å². The Morgan fingerprint density at radius 1 is 1.00 bits per heavy atom. The minimum Gasteiger partial charge on any atom is -0.313 e. The third-order valence-electron chi connectivity index (χ3n) is 4.12. The molecule has 2 rings (SSSR count). The highest BCUT2D eigenvalue weighted by molar-refractivity contribution is 4.80. The molecule has 2 fully saturated rings. The monoisotopic (exact) mass is 210 g/mol. The molecule has 1 saturated heterocycles. The highest BCUT2D eigenvalue weighted by atomic mass is 15.2. The largest absolute Gasteiger partial charge is 0.313 e. The lowest BCUT2D eigenvalue weighted by molar-refractivity contribution is 0.166. The van der Waals surface area contributed by atoms with Gasteiger partial charge in [-0.05, 0) is 39.3 Å². The molecule has 1 aliphatic heterocycles. The van der Waals surface area contributed by atoms with Crippen LogP contribution in [0.1, 0.15) is 51.4 Å². The van der Waals surface area contributed by atoms with Gasteiger partial charge in [-0.15, -0.1) is 0 Å². The molecule has 1 saturated carbocycles. The summed E-state index contributed by atoms with van der Waals surface area (Å²) in [5.74, 6) is 0. The van der Waals surface area contributed by atoms with Crippen molar-refractivity contribution in [1.29, 1.82) is 0 Å². The van der Waals surface area contributed by atoms with Crippen molar-refractivity contribution in [2.75, 3.05) is 20.1 Å². The minimum atomic E-state index is 0.769. The fourth-order valence-corrected chi connectivity index (χ4v) is 3.10. The van der Waals surface area contributed by atoms with Crippen LogP contribution in [-0.4, -0.2) is 37.1 Å². The number of hydrogen-bond acceptors (Lipinski definition) is 2. The van der Waals surface area contributed by atoms with Gasteiger partial charge in [0.05, 0.1) is 0 Å². The molecule has 2 nitrogen and oxygen atoms in total. The van der Waals surface area contributed by atoms with Crippen LogP contribution >= 0.6 is 0 Å². The lowest BCUT2D eigenvalue weighted by Gasteiger charge is -2.35. The van der Waals surface area contributed by atoms with E-state index in [2.05, 4.69) is 17.3 Å². The number of likely N-dealkylation sites (N-methyl/N-ethyl adjacent to an activating group) is 1. The first-order valence-electron chi connectivity index (χ1n) is 6.80. The Hall–Kier alpha value is -0.0800. The van der Waals surface area contributed by atoms with E-state index in [9.17, 15) is 0 Å². The second-order valence-electron chi connectivity index (χ2n) is 5.38. The summed E-state index contributed by atoms with van der Waals surface area (Å²) in [5, 5.41) is 3.65. The van der Waals surface area contributed by atoms with E-state index in [0.717, 1.165) is 12.1 Å². The fourth-order valence-electron chi connectivity index (χ4n) is 3.10. The van der Waals surface area contributed by atoms with Crippen LogP contribution in [0.4, 0.5) is 0 Å². The molecule has 1 N–H and O–H groups in total. The maximum atomic E-state index is 3.65. The Morgan fingerprint density at radius 2 is 1.73 bits per heavy atom. The normalized spacial score (nSPS) is 29.6. The zero-order chi connectivity index (χ0) is 10.5. The number of rotatable bonds is 3. The molecule has 1 unspecified atom stereocenters. The second kappa shape index (κ2) is 5.86. The van der Waals surface area contributed by atoms with E-state index in [-0.39, 0.29) is 0 Å². The first kappa shape index (κ1) is 11.4. The minimum absolute atomic E-state index is 0.769. The van der Waals surface area contributed by atoms with Gasteiger partial charge in [-0.3, -0.25) is 0 Å². The Labute approximate surface area is 94.4 Å². The van der Waals surface area contributed by atoms with Crippen molar-refractivity contribution >= 4 is 0 Å². The van der Waals surface area contributed by atoms with Gasteiger partial charge in [0.25, 0.3) is 0 Å². The number of hydrogen-bond donors (Lipinski definition) is 1. The predicted molar refractivity (Wildman–Crippen MR) is 65.1 cm³/mol. The molecule has 0 spiro atoms. The van der Waals surface area contributed by atoms with Gasteiger partial charge in [0.1, 0.15) is 0 Å². The van der Waals surface area contributed by atoms with Crippen molar-refractivity contribution in [3.63, 3.8) is 0 Å². The third kappa shape index (κ3) is 3.46. The zero-order valence-corrected chi connectivity index (χ0v) is 10.2. The third-order valence-corrected chi connectivity index (χ3v) is 4.12. The van der Waals surface area contributed by atoms with E-state index in [1.54, 1.807) is 0 Å². The summed E-state index contributed by atoms with van der Waals surface area (Å²) < 4.78 is 0. The van der Waals surface area contributed by atoms with Gasteiger partial charge in [-0.25, -0.2) is 0 Å². The van der Waals surface area contributed by atoms with Crippen LogP contribution in [0.15, 0.2) is 0 Å². The summed E-state index contributed by atoms with van der Waals surface area (Å²) in [5.41, 5.74) is 0. The molecule has 0 aromatic heterocycles. The molecule has 2 aliphatic rings. The lowest BCUT2D eigenvalue weighted by atomic mass is 9.94. The lowest BCUT2D eigenvalue weighted by Crippen LogP contribution is -2.46. The first-order valence-corrected chi connectivity index (χ1v) is 6.80. The summed E-state index contributed by atoms with van der Waals surface area (Å²) in [6, 6.07) is 1.65. The zero-order valence-electron chi connectivity index (χ0n) is 10.2. The van der Waals surface area contributed by atoms with E-state index in [0.29, 0.717) is 0 Å². The Bertz CT molecular complexity index is 169. The van der Waals surface area contributed by atoms with Gasteiger partial charge >= 0.3 is 0 Å². The molecule has 0 amide bonds.